The molecule has 0 unspecified atom stereocenters. The first-order valence-corrected chi connectivity index (χ1v) is 9.42. The molecule has 0 aliphatic carbocycles. The normalized spacial score (nSPS) is 12.4. The molecule has 3 N–H and O–H groups in total. The van der Waals surface area contributed by atoms with Gasteiger partial charge in [-0.05, 0) is 50.2 Å². The number of hydrogen-bond acceptors (Lipinski definition) is 4. The zero-order chi connectivity index (χ0) is 18.4. The van der Waals surface area contributed by atoms with Crippen molar-refractivity contribution in [3.63, 3.8) is 0 Å². The van der Waals surface area contributed by atoms with E-state index in [4.69, 9.17) is 14.1 Å². The highest BCUT2D eigenvalue weighted by atomic mass is 16.5. The number of aliphatic hydroxyl groups is 1. The van der Waals surface area contributed by atoms with Gasteiger partial charge in [-0.3, -0.25) is 4.99 Å². The first-order chi connectivity index (χ1) is 12.2. The van der Waals surface area contributed by atoms with Crippen LogP contribution in [0.15, 0.2) is 27.8 Å². The van der Waals surface area contributed by atoms with E-state index in [1.54, 1.807) is 6.26 Å². The van der Waals surface area contributed by atoms with E-state index in [0.29, 0.717) is 13.2 Å². The van der Waals surface area contributed by atoms with Crippen molar-refractivity contribution < 1.29 is 14.3 Å². The molecule has 1 heterocycles. The first-order valence-electron chi connectivity index (χ1n) is 9.42. The van der Waals surface area contributed by atoms with Gasteiger partial charge in [-0.15, -0.1) is 0 Å². The molecular weight excluding hydrogens is 318 g/mol. The Labute approximate surface area is 152 Å². The average molecular weight is 354 g/mol. The maximum Gasteiger partial charge on any atom is 0.191 e. The summed E-state index contributed by atoms with van der Waals surface area (Å²) in [6, 6.07) is 3.77. The van der Waals surface area contributed by atoms with Gasteiger partial charge in [-0.2, -0.15) is 0 Å². The molecular formula is C19H35N3O3. The number of guanidine groups is 1. The van der Waals surface area contributed by atoms with Crippen LogP contribution in [0.25, 0.3) is 0 Å². The molecule has 0 spiro atoms. The number of furan rings is 1. The summed E-state index contributed by atoms with van der Waals surface area (Å²) in [6.45, 7) is 10.2. The van der Waals surface area contributed by atoms with E-state index >= 15 is 0 Å². The molecule has 0 fully saturated rings. The monoisotopic (exact) mass is 353 g/mol. The Morgan fingerprint density at radius 3 is 2.68 bits per heavy atom. The summed E-state index contributed by atoms with van der Waals surface area (Å²) in [6.07, 6.45) is 5.39. The lowest BCUT2D eigenvalue weighted by atomic mass is 9.79. The zero-order valence-electron chi connectivity index (χ0n) is 16.0. The smallest absolute Gasteiger partial charge is 0.191 e. The van der Waals surface area contributed by atoms with Crippen molar-refractivity contribution in [1.29, 1.82) is 0 Å². The van der Waals surface area contributed by atoms with Crippen molar-refractivity contribution in [2.75, 3.05) is 32.8 Å². The van der Waals surface area contributed by atoms with Crippen LogP contribution in [-0.2, 0) is 11.3 Å². The largest absolute Gasteiger partial charge is 0.467 e. The molecule has 144 valence electrons. The number of rotatable bonds is 13. The van der Waals surface area contributed by atoms with E-state index < -0.39 is 0 Å². The van der Waals surface area contributed by atoms with E-state index in [1.165, 1.54) is 0 Å². The highest BCUT2D eigenvalue weighted by Crippen LogP contribution is 2.30. The number of nitrogens with one attached hydrogen (secondary N) is 2. The molecule has 1 aromatic rings. The van der Waals surface area contributed by atoms with Gasteiger partial charge < -0.3 is 24.9 Å². The molecule has 0 aliphatic heterocycles. The minimum Gasteiger partial charge on any atom is -0.467 e. The van der Waals surface area contributed by atoms with Crippen LogP contribution in [0, 0.1) is 5.41 Å². The number of nitrogens with zero attached hydrogens (tertiary/aromatic N) is 1. The summed E-state index contributed by atoms with van der Waals surface area (Å²) in [5.74, 6) is 1.68. The second kappa shape index (κ2) is 12.8. The maximum atomic E-state index is 9.32. The summed E-state index contributed by atoms with van der Waals surface area (Å²) in [7, 11) is 0. The lowest BCUT2D eigenvalue weighted by molar-refractivity contribution is 0.105. The van der Waals surface area contributed by atoms with Gasteiger partial charge in [0.2, 0.25) is 0 Å². The number of ether oxygens (including phenoxy) is 1. The van der Waals surface area contributed by atoms with E-state index in [1.807, 2.05) is 12.1 Å². The van der Waals surface area contributed by atoms with Gasteiger partial charge in [0.15, 0.2) is 5.96 Å². The summed E-state index contributed by atoms with van der Waals surface area (Å²) in [4.78, 5) is 4.73. The zero-order valence-corrected chi connectivity index (χ0v) is 16.0. The molecule has 1 rings (SSSR count). The molecule has 0 bridgehead atoms. The third-order valence-corrected chi connectivity index (χ3v) is 4.64. The van der Waals surface area contributed by atoms with Gasteiger partial charge in [0.05, 0.1) is 6.26 Å². The Bertz CT molecular complexity index is 456. The van der Waals surface area contributed by atoms with Crippen LogP contribution in [0.3, 0.4) is 0 Å². The highest BCUT2D eigenvalue weighted by molar-refractivity contribution is 5.79. The Morgan fingerprint density at radius 1 is 1.28 bits per heavy atom. The Hall–Kier alpha value is -1.53. The third-order valence-electron chi connectivity index (χ3n) is 4.64. The summed E-state index contributed by atoms with van der Waals surface area (Å²) >= 11 is 0. The lowest BCUT2D eigenvalue weighted by Crippen LogP contribution is -2.39. The van der Waals surface area contributed by atoms with E-state index in [2.05, 4.69) is 31.4 Å². The predicted octanol–water partition coefficient (Wildman–Crippen LogP) is 2.93. The highest BCUT2D eigenvalue weighted by Gasteiger charge is 2.25. The fourth-order valence-corrected chi connectivity index (χ4v) is 2.68. The van der Waals surface area contributed by atoms with Gasteiger partial charge >= 0.3 is 0 Å². The van der Waals surface area contributed by atoms with Gasteiger partial charge in [0.25, 0.3) is 0 Å². The quantitative estimate of drug-likeness (QED) is 0.289. The predicted molar refractivity (Wildman–Crippen MR) is 102 cm³/mol. The van der Waals surface area contributed by atoms with Crippen LogP contribution in [0.4, 0.5) is 0 Å². The molecule has 0 saturated carbocycles. The van der Waals surface area contributed by atoms with Crippen LogP contribution in [0.1, 0.15) is 52.2 Å². The topological polar surface area (TPSA) is 79.0 Å². The van der Waals surface area contributed by atoms with E-state index in [-0.39, 0.29) is 12.0 Å². The average Bonchev–Trinajstić information content (AvgIpc) is 3.14. The van der Waals surface area contributed by atoms with Crippen LogP contribution >= 0.6 is 0 Å². The van der Waals surface area contributed by atoms with Gasteiger partial charge in [0.1, 0.15) is 12.4 Å². The first kappa shape index (κ1) is 21.5. The van der Waals surface area contributed by atoms with Crippen molar-refractivity contribution in [3.05, 3.63) is 24.2 Å². The number of hydrogen-bond donors (Lipinski definition) is 3. The molecule has 6 heteroatoms. The fraction of sp³-hybridized carbons (Fsp3) is 0.737. The minimum absolute atomic E-state index is 0.0866. The third kappa shape index (κ3) is 8.40. The van der Waals surface area contributed by atoms with Gasteiger partial charge in [-0.25, -0.2) is 0 Å². The molecule has 1 aromatic heterocycles. The standard InChI is InChI=1S/C19H35N3O3/c1-4-19(5-2,10-12-23)16-22-18(20-6-3)21-11-8-13-24-15-17-9-7-14-25-17/h7,9,14,23H,4-6,8,10-13,15-16H2,1-3H3,(H2,20,21,22). The fourth-order valence-electron chi connectivity index (χ4n) is 2.68. The van der Waals surface area contributed by atoms with Crippen molar-refractivity contribution in [3.8, 4) is 0 Å². The Morgan fingerprint density at radius 2 is 2.08 bits per heavy atom. The lowest BCUT2D eigenvalue weighted by Gasteiger charge is -2.29. The van der Waals surface area contributed by atoms with Crippen molar-refractivity contribution in [2.45, 2.75) is 53.1 Å². The van der Waals surface area contributed by atoms with Crippen molar-refractivity contribution >= 4 is 5.96 Å². The molecule has 0 radical (unpaired) electrons. The van der Waals surface area contributed by atoms with Gasteiger partial charge in [-0.1, -0.05) is 13.8 Å². The van der Waals surface area contributed by atoms with Crippen LogP contribution < -0.4 is 10.6 Å². The maximum absolute atomic E-state index is 9.32. The Balaban J connectivity index is 2.34. The summed E-state index contributed by atoms with van der Waals surface area (Å²) in [5.41, 5.74) is 0.0866. The van der Waals surface area contributed by atoms with E-state index in [9.17, 15) is 5.11 Å². The number of aliphatic hydroxyl groups excluding tert-OH is 1. The van der Waals surface area contributed by atoms with Crippen LogP contribution in [0.2, 0.25) is 0 Å². The molecule has 0 aliphatic rings. The molecule has 0 aromatic carbocycles. The summed E-state index contributed by atoms with van der Waals surface area (Å²) in [5, 5.41) is 16.0. The molecule has 25 heavy (non-hydrogen) atoms. The number of aliphatic imine (C=N–C) groups is 1. The van der Waals surface area contributed by atoms with Crippen molar-refractivity contribution in [2.24, 2.45) is 10.4 Å². The summed E-state index contributed by atoms with van der Waals surface area (Å²) < 4.78 is 10.8. The molecule has 0 atom stereocenters. The second-order valence-electron chi connectivity index (χ2n) is 6.29. The SMILES string of the molecule is CCNC(=NCC(CC)(CC)CCO)NCCCOCc1ccco1. The molecule has 0 saturated heterocycles. The van der Waals surface area contributed by atoms with Crippen molar-refractivity contribution in [1.82, 2.24) is 10.6 Å². The van der Waals surface area contributed by atoms with Gasteiger partial charge in [0, 0.05) is 32.8 Å². The van der Waals surface area contributed by atoms with E-state index in [0.717, 1.165) is 57.0 Å². The molecule has 6 nitrogen and oxygen atoms in total. The van der Waals surface area contributed by atoms with Crippen LogP contribution in [-0.4, -0.2) is 43.9 Å². The Kier molecular flexibility index (Phi) is 11.0. The van der Waals surface area contributed by atoms with Crippen LogP contribution in [0.5, 0.6) is 0 Å². The molecule has 0 amide bonds. The second-order valence-corrected chi connectivity index (χ2v) is 6.29. The minimum atomic E-state index is 0.0866.